The summed E-state index contributed by atoms with van der Waals surface area (Å²) in [5, 5.41) is 16.5. The van der Waals surface area contributed by atoms with Gasteiger partial charge in [0, 0.05) is 38.7 Å². The first-order valence-electron chi connectivity index (χ1n) is 8.48. The minimum atomic E-state index is 0.168. The maximum Gasteiger partial charge on any atom is 0.124 e. The van der Waals surface area contributed by atoms with Gasteiger partial charge in [0.25, 0.3) is 0 Å². The van der Waals surface area contributed by atoms with E-state index in [4.69, 9.17) is 33.0 Å². The van der Waals surface area contributed by atoms with E-state index in [2.05, 4.69) is 26.6 Å². The van der Waals surface area contributed by atoms with E-state index in [0.29, 0.717) is 29.7 Å². The topological polar surface area (TPSA) is 53.5 Å². The van der Waals surface area contributed by atoms with Crippen LogP contribution in [0.15, 0.2) is 40.9 Å². The van der Waals surface area contributed by atoms with Crippen LogP contribution in [0.3, 0.4) is 0 Å². The minimum Gasteiger partial charge on any atom is -0.488 e. The molecule has 142 valence electrons. The van der Waals surface area contributed by atoms with E-state index in [9.17, 15) is 0 Å². The van der Waals surface area contributed by atoms with Gasteiger partial charge in [0.15, 0.2) is 0 Å². The molecule has 0 aliphatic heterocycles. The van der Waals surface area contributed by atoms with Crippen molar-refractivity contribution in [3.05, 3.63) is 62.0 Å². The molecule has 0 saturated heterocycles. The van der Waals surface area contributed by atoms with Crippen molar-refractivity contribution in [3.63, 3.8) is 0 Å². The third kappa shape index (κ3) is 7.06. The fourth-order valence-electron chi connectivity index (χ4n) is 2.41. The molecular formula is C19H23BrCl2N2O2. The molecule has 2 aromatic carbocycles. The SMILES string of the molecule is OCCNCCCNCc1cc(Br)ccc1OCc1c(Cl)cccc1Cl. The van der Waals surface area contributed by atoms with Gasteiger partial charge in [-0.1, -0.05) is 45.2 Å². The third-order valence-corrected chi connectivity index (χ3v) is 4.97. The largest absolute Gasteiger partial charge is 0.488 e. The van der Waals surface area contributed by atoms with Crippen LogP contribution in [-0.4, -0.2) is 31.3 Å². The summed E-state index contributed by atoms with van der Waals surface area (Å²) >= 11 is 15.9. The molecular weight excluding hydrogens is 439 g/mol. The first-order valence-corrected chi connectivity index (χ1v) is 10.0. The summed E-state index contributed by atoms with van der Waals surface area (Å²) < 4.78 is 6.98. The number of aliphatic hydroxyl groups excluding tert-OH is 1. The molecule has 0 aliphatic rings. The highest BCUT2D eigenvalue weighted by atomic mass is 79.9. The Bertz CT molecular complexity index is 681. The highest BCUT2D eigenvalue weighted by molar-refractivity contribution is 9.10. The van der Waals surface area contributed by atoms with Gasteiger partial charge in [-0.25, -0.2) is 0 Å². The zero-order chi connectivity index (χ0) is 18.8. The van der Waals surface area contributed by atoms with E-state index < -0.39 is 0 Å². The van der Waals surface area contributed by atoms with E-state index in [-0.39, 0.29) is 6.61 Å². The van der Waals surface area contributed by atoms with Crippen LogP contribution < -0.4 is 15.4 Å². The molecule has 0 saturated carbocycles. The molecule has 0 fully saturated rings. The Hall–Kier alpha value is -0.820. The van der Waals surface area contributed by atoms with Crippen LogP contribution >= 0.6 is 39.1 Å². The summed E-state index contributed by atoms with van der Waals surface area (Å²) in [6.45, 7) is 3.57. The molecule has 0 aliphatic carbocycles. The van der Waals surface area contributed by atoms with Crippen LogP contribution in [0.1, 0.15) is 17.5 Å². The molecule has 26 heavy (non-hydrogen) atoms. The average Bonchev–Trinajstić information content (AvgIpc) is 2.62. The van der Waals surface area contributed by atoms with Crippen molar-refractivity contribution in [1.29, 1.82) is 0 Å². The predicted molar refractivity (Wildman–Crippen MR) is 111 cm³/mol. The summed E-state index contributed by atoms with van der Waals surface area (Å²) in [6.07, 6.45) is 0.986. The Kier molecular flexibility index (Phi) is 9.75. The normalized spacial score (nSPS) is 10.9. The van der Waals surface area contributed by atoms with Crippen molar-refractivity contribution in [1.82, 2.24) is 10.6 Å². The molecule has 3 N–H and O–H groups in total. The predicted octanol–water partition coefficient (Wildman–Crippen LogP) is 4.40. The molecule has 0 radical (unpaired) electrons. The monoisotopic (exact) mass is 460 g/mol. The number of halogens is 3. The van der Waals surface area contributed by atoms with E-state index >= 15 is 0 Å². The molecule has 0 spiro atoms. The van der Waals surface area contributed by atoms with Gasteiger partial charge in [-0.05, 0) is 49.8 Å². The Labute approximate surface area is 173 Å². The van der Waals surface area contributed by atoms with Gasteiger partial charge in [0.05, 0.1) is 6.61 Å². The molecule has 4 nitrogen and oxygen atoms in total. The average molecular weight is 462 g/mol. The number of hydrogen-bond donors (Lipinski definition) is 3. The smallest absolute Gasteiger partial charge is 0.124 e. The molecule has 0 atom stereocenters. The van der Waals surface area contributed by atoms with Gasteiger partial charge in [-0.2, -0.15) is 0 Å². The molecule has 0 aromatic heterocycles. The first-order chi connectivity index (χ1) is 12.6. The van der Waals surface area contributed by atoms with E-state index in [1.165, 1.54) is 0 Å². The van der Waals surface area contributed by atoms with E-state index in [1.54, 1.807) is 12.1 Å². The van der Waals surface area contributed by atoms with Crippen LogP contribution in [0.5, 0.6) is 5.75 Å². The highest BCUT2D eigenvalue weighted by Crippen LogP contribution is 2.28. The number of benzene rings is 2. The van der Waals surface area contributed by atoms with Crippen molar-refractivity contribution in [2.24, 2.45) is 0 Å². The second kappa shape index (κ2) is 11.8. The summed E-state index contributed by atoms with van der Waals surface area (Å²) in [6, 6.07) is 11.4. The Balaban J connectivity index is 1.90. The van der Waals surface area contributed by atoms with Gasteiger partial charge >= 0.3 is 0 Å². The molecule has 2 aromatic rings. The van der Waals surface area contributed by atoms with Crippen molar-refractivity contribution in [2.75, 3.05) is 26.2 Å². The minimum absolute atomic E-state index is 0.168. The summed E-state index contributed by atoms with van der Waals surface area (Å²) in [7, 11) is 0. The Morgan fingerprint density at radius 2 is 1.73 bits per heavy atom. The third-order valence-electron chi connectivity index (χ3n) is 3.77. The zero-order valence-electron chi connectivity index (χ0n) is 14.4. The van der Waals surface area contributed by atoms with Gasteiger partial charge in [-0.3, -0.25) is 0 Å². The summed E-state index contributed by atoms with van der Waals surface area (Å²) in [5.41, 5.74) is 1.85. The van der Waals surface area contributed by atoms with Crippen LogP contribution in [0.4, 0.5) is 0 Å². The fourth-order valence-corrected chi connectivity index (χ4v) is 3.33. The van der Waals surface area contributed by atoms with Gasteiger partial charge in [-0.15, -0.1) is 0 Å². The lowest BCUT2D eigenvalue weighted by Gasteiger charge is -2.14. The number of hydrogen-bond acceptors (Lipinski definition) is 4. The summed E-state index contributed by atoms with van der Waals surface area (Å²) in [4.78, 5) is 0. The molecule has 0 unspecified atom stereocenters. The molecule has 0 amide bonds. The maximum absolute atomic E-state index is 8.73. The Morgan fingerprint density at radius 3 is 2.46 bits per heavy atom. The molecule has 2 rings (SSSR count). The highest BCUT2D eigenvalue weighted by Gasteiger charge is 2.09. The van der Waals surface area contributed by atoms with Crippen molar-refractivity contribution in [3.8, 4) is 5.75 Å². The van der Waals surface area contributed by atoms with E-state index in [0.717, 1.165) is 40.9 Å². The van der Waals surface area contributed by atoms with Gasteiger partial charge < -0.3 is 20.5 Å². The molecule has 0 bridgehead atoms. The quantitative estimate of drug-likeness (QED) is 0.434. The second-order valence-corrected chi connectivity index (χ2v) is 7.47. The van der Waals surface area contributed by atoms with Crippen LogP contribution in [0.2, 0.25) is 10.0 Å². The summed E-state index contributed by atoms with van der Waals surface area (Å²) in [5.74, 6) is 0.801. The van der Waals surface area contributed by atoms with Crippen molar-refractivity contribution < 1.29 is 9.84 Å². The lowest BCUT2D eigenvalue weighted by Crippen LogP contribution is -2.24. The standard InChI is InChI=1S/C19H23BrCl2N2O2/c20-15-5-6-19(26-13-16-17(21)3-1-4-18(16)22)14(11-15)12-24-8-2-7-23-9-10-25/h1,3-6,11,23-25H,2,7-10,12-13H2. The number of aliphatic hydroxyl groups is 1. The van der Waals surface area contributed by atoms with Crippen molar-refractivity contribution in [2.45, 2.75) is 19.6 Å². The number of nitrogens with one attached hydrogen (secondary N) is 2. The van der Waals surface area contributed by atoms with Crippen LogP contribution in [0, 0.1) is 0 Å². The zero-order valence-corrected chi connectivity index (χ0v) is 17.5. The number of ether oxygens (including phenoxy) is 1. The Morgan fingerprint density at radius 1 is 1.00 bits per heavy atom. The second-order valence-electron chi connectivity index (χ2n) is 5.74. The first kappa shape index (κ1) is 21.5. The fraction of sp³-hybridized carbons (Fsp3) is 0.368. The van der Waals surface area contributed by atoms with Crippen molar-refractivity contribution >= 4 is 39.1 Å². The lowest BCUT2D eigenvalue weighted by molar-refractivity contribution is 0.292. The van der Waals surface area contributed by atoms with Gasteiger partial charge in [0.2, 0.25) is 0 Å². The molecule has 0 heterocycles. The van der Waals surface area contributed by atoms with Crippen LogP contribution in [-0.2, 0) is 13.2 Å². The van der Waals surface area contributed by atoms with Gasteiger partial charge in [0.1, 0.15) is 12.4 Å². The maximum atomic E-state index is 8.73. The molecule has 7 heteroatoms. The van der Waals surface area contributed by atoms with E-state index in [1.807, 2.05) is 24.3 Å². The lowest BCUT2D eigenvalue weighted by atomic mass is 10.2. The number of rotatable bonds is 11. The van der Waals surface area contributed by atoms with Crippen LogP contribution in [0.25, 0.3) is 0 Å².